The number of carboxylic acid groups (broad SMARTS) is 1. The summed E-state index contributed by atoms with van der Waals surface area (Å²) in [5.41, 5.74) is 8.32. The number of rotatable bonds is 5. The quantitative estimate of drug-likeness (QED) is 0.418. The van der Waals surface area contributed by atoms with Gasteiger partial charge in [0.15, 0.2) is 5.11 Å². The Morgan fingerprint density at radius 3 is 2.83 bits per heavy atom. The summed E-state index contributed by atoms with van der Waals surface area (Å²) in [6.45, 7) is 1.84. The van der Waals surface area contributed by atoms with Gasteiger partial charge in [-0.3, -0.25) is 5.43 Å². The molecule has 0 radical (unpaired) electrons. The lowest BCUT2D eigenvalue weighted by molar-refractivity contribution is 0.0693. The summed E-state index contributed by atoms with van der Waals surface area (Å²) in [7, 11) is 0. The number of carboxylic acids is 1. The van der Waals surface area contributed by atoms with Crippen LogP contribution in [0.2, 0.25) is 0 Å². The molecule has 1 rings (SSSR count). The van der Waals surface area contributed by atoms with Crippen molar-refractivity contribution in [2.45, 2.75) is 6.92 Å². The molecule has 1 aromatic rings. The van der Waals surface area contributed by atoms with Crippen LogP contribution in [0.25, 0.3) is 0 Å². The van der Waals surface area contributed by atoms with E-state index >= 15 is 0 Å². The minimum absolute atomic E-state index is 0.0558. The first-order valence-electron chi connectivity index (χ1n) is 5.04. The molecule has 0 aliphatic rings. The molecule has 0 unspecified atom stereocenters. The topological polar surface area (TPSA) is 96.9 Å². The smallest absolute Gasteiger partial charge is 0.339 e. The van der Waals surface area contributed by atoms with Crippen LogP contribution in [0.15, 0.2) is 29.4 Å². The minimum Gasteiger partial charge on any atom is -0.487 e. The molecule has 6 nitrogen and oxygen atoms in total. The van der Waals surface area contributed by atoms with Crippen molar-refractivity contribution in [3.05, 3.63) is 29.8 Å². The maximum atomic E-state index is 10.9. The lowest BCUT2D eigenvalue weighted by Crippen LogP contribution is -2.26. The van der Waals surface area contributed by atoms with Gasteiger partial charge < -0.3 is 15.6 Å². The van der Waals surface area contributed by atoms with Gasteiger partial charge in [-0.05, 0) is 31.3 Å². The molecule has 0 saturated carbocycles. The monoisotopic (exact) mass is 267 g/mol. The van der Waals surface area contributed by atoms with Crippen molar-refractivity contribution >= 4 is 29.0 Å². The van der Waals surface area contributed by atoms with E-state index < -0.39 is 5.97 Å². The van der Waals surface area contributed by atoms with Gasteiger partial charge in [0, 0.05) is 0 Å². The Bertz CT molecular complexity index is 488. The summed E-state index contributed by atoms with van der Waals surface area (Å²) in [5.74, 6) is -0.753. The van der Waals surface area contributed by atoms with E-state index in [4.69, 9.17) is 15.6 Å². The standard InChI is InChI=1S/C11H13N3O3S/c1-7(13-14-11(12)18)6-17-9-5-3-2-4-8(9)10(15)16/h2-5H,6H2,1H3,(H,15,16)(H3,12,14,18). The second-order valence-corrected chi connectivity index (χ2v) is 3.85. The van der Waals surface area contributed by atoms with Crippen LogP contribution >= 0.6 is 12.2 Å². The fraction of sp³-hybridized carbons (Fsp3) is 0.182. The zero-order valence-electron chi connectivity index (χ0n) is 9.71. The molecule has 0 heterocycles. The molecule has 0 aromatic heterocycles. The molecule has 96 valence electrons. The number of hydrazone groups is 1. The highest BCUT2D eigenvalue weighted by Crippen LogP contribution is 2.17. The average Bonchev–Trinajstić information content (AvgIpc) is 2.34. The number of thiocarbonyl (C=S) groups is 1. The van der Waals surface area contributed by atoms with E-state index in [-0.39, 0.29) is 23.0 Å². The SMILES string of the molecule is CC(COc1ccccc1C(=O)O)=NNC(N)=S. The van der Waals surface area contributed by atoms with Gasteiger partial charge in [-0.2, -0.15) is 5.10 Å². The number of para-hydroxylation sites is 1. The fourth-order valence-electron chi connectivity index (χ4n) is 1.13. The Morgan fingerprint density at radius 2 is 2.22 bits per heavy atom. The van der Waals surface area contributed by atoms with Gasteiger partial charge in [0.1, 0.15) is 17.9 Å². The molecule has 0 saturated heterocycles. The number of ether oxygens (including phenoxy) is 1. The van der Waals surface area contributed by atoms with Crippen LogP contribution in [0.3, 0.4) is 0 Å². The van der Waals surface area contributed by atoms with Crippen molar-refractivity contribution in [2.75, 3.05) is 6.61 Å². The van der Waals surface area contributed by atoms with E-state index in [1.807, 2.05) is 0 Å². The molecule has 0 aliphatic carbocycles. The Balaban J connectivity index is 2.66. The highest BCUT2D eigenvalue weighted by Gasteiger charge is 2.10. The average molecular weight is 267 g/mol. The van der Waals surface area contributed by atoms with Crippen molar-refractivity contribution in [2.24, 2.45) is 10.8 Å². The number of carbonyl (C=O) groups is 1. The number of aromatic carboxylic acids is 1. The van der Waals surface area contributed by atoms with E-state index in [0.29, 0.717) is 5.71 Å². The van der Waals surface area contributed by atoms with Crippen LogP contribution in [0.5, 0.6) is 5.75 Å². The highest BCUT2D eigenvalue weighted by molar-refractivity contribution is 7.80. The van der Waals surface area contributed by atoms with Crippen LogP contribution in [0.1, 0.15) is 17.3 Å². The molecule has 0 fully saturated rings. The number of hydrogen-bond donors (Lipinski definition) is 3. The second-order valence-electron chi connectivity index (χ2n) is 3.41. The van der Waals surface area contributed by atoms with Gasteiger partial charge >= 0.3 is 5.97 Å². The lowest BCUT2D eigenvalue weighted by Gasteiger charge is -2.08. The minimum atomic E-state index is -1.04. The van der Waals surface area contributed by atoms with Crippen LogP contribution in [-0.2, 0) is 0 Å². The molecule has 7 heteroatoms. The van der Waals surface area contributed by atoms with Crippen molar-refractivity contribution in [1.29, 1.82) is 0 Å². The predicted octanol–water partition coefficient (Wildman–Crippen LogP) is 0.973. The van der Waals surface area contributed by atoms with Crippen molar-refractivity contribution < 1.29 is 14.6 Å². The van der Waals surface area contributed by atoms with E-state index in [1.54, 1.807) is 25.1 Å². The van der Waals surface area contributed by atoms with E-state index in [0.717, 1.165) is 0 Å². The molecular weight excluding hydrogens is 254 g/mol. The van der Waals surface area contributed by atoms with E-state index in [2.05, 4.69) is 22.7 Å². The van der Waals surface area contributed by atoms with Gasteiger partial charge in [-0.1, -0.05) is 12.1 Å². The maximum absolute atomic E-state index is 10.9. The zero-order valence-corrected chi connectivity index (χ0v) is 10.5. The third-order valence-corrected chi connectivity index (χ3v) is 2.00. The summed E-state index contributed by atoms with van der Waals surface area (Å²) < 4.78 is 5.36. The Morgan fingerprint density at radius 1 is 1.56 bits per heavy atom. The number of nitrogens with one attached hydrogen (secondary N) is 1. The Kier molecular flexibility index (Phi) is 5.06. The first-order chi connectivity index (χ1) is 8.50. The summed E-state index contributed by atoms with van der Waals surface area (Å²) >= 11 is 4.59. The molecule has 1 aromatic carbocycles. The van der Waals surface area contributed by atoms with Gasteiger partial charge in [0.05, 0.1) is 5.71 Å². The summed E-state index contributed by atoms with van der Waals surface area (Å²) in [5, 5.41) is 12.8. The molecule has 0 bridgehead atoms. The number of nitrogens with zero attached hydrogens (tertiary/aromatic N) is 1. The normalized spacial score (nSPS) is 10.8. The molecule has 0 aliphatic heterocycles. The van der Waals surface area contributed by atoms with Gasteiger partial charge in [0.25, 0.3) is 0 Å². The third kappa shape index (κ3) is 4.38. The third-order valence-electron chi connectivity index (χ3n) is 1.91. The summed E-state index contributed by atoms with van der Waals surface area (Å²) in [4.78, 5) is 10.9. The van der Waals surface area contributed by atoms with Crippen molar-refractivity contribution in [3.8, 4) is 5.75 Å². The number of hydrogen-bond acceptors (Lipinski definition) is 4. The first kappa shape index (κ1) is 13.9. The summed E-state index contributed by atoms with van der Waals surface area (Å²) in [6, 6.07) is 6.38. The van der Waals surface area contributed by atoms with Crippen LogP contribution < -0.4 is 15.9 Å². The van der Waals surface area contributed by atoms with Gasteiger partial charge in [0.2, 0.25) is 0 Å². The first-order valence-corrected chi connectivity index (χ1v) is 5.45. The van der Waals surface area contributed by atoms with Crippen LogP contribution in [0.4, 0.5) is 0 Å². The maximum Gasteiger partial charge on any atom is 0.339 e. The van der Waals surface area contributed by atoms with E-state index in [1.165, 1.54) is 6.07 Å². The van der Waals surface area contributed by atoms with Crippen LogP contribution in [0, 0.1) is 0 Å². The highest BCUT2D eigenvalue weighted by atomic mass is 32.1. The summed E-state index contributed by atoms with van der Waals surface area (Å²) in [6.07, 6.45) is 0. The number of benzene rings is 1. The molecule has 4 N–H and O–H groups in total. The molecule has 0 atom stereocenters. The van der Waals surface area contributed by atoms with Gasteiger partial charge in [-0.15, -0.1) is 0 Å². The second kappa shape index (κ2) is 6.55. The lowest BCUT2D eigenvalue weighted by atomic mass is 10.2. The van der Waals surface area contributed by atoms with Crippen molar-refractivity contribution in [1.82, 2.24) is 5.43 Å². The number of nitrogens with two attached hydrogens (primary N) is 1. The predicted molar refractivity (Wildman–Crippen MR) is 71.9 cm³/mol. The molecule has 18 heavy (non-hydrogen) atoms. The van der Waals surface area contributed by atoms with Crippen molar-refractivity contribution in [3.63, 3.8) is 0 Å². The zero-order chi connectivity index (χ0) is 13.5. The largest absolute Gasteiger partial charge is 0.487 e. The van der Waals surface area contributed by atoms with E-state index in [9.17, 15) is 4.79 Å². The fourth-order valence-corrected chi connectivity index (χ4v) is 1.18. The molecule has 0 spiro atoms. The molecular formula is C11H13N3O3S. The Hall–Kier alpha value is -2.15. The van der Waals surface area contributed by atoms with Gasteiger partial charge in [-0.25, -0.2) is 4.79 Å². The van der Waals surface area contributed by atoms with Crippen LogP contribution in [-0.4, -0.2) is 28.5 Å². The Labute approximate surface area is 109 Å². The molecule has 0 amide bonds.